The van der Waals surface area contributed by atoms with E-state index in [0.717, 1.165) is 11.4 Å². The molecule has 0 aromatic heterocycles. The summed E-state index contributed by atoms with van der Waals surface area (Å²) in [6.45, 7) is 2.07. The van der Waals surface area contributed by atoms with E-state index in [0.29, 0.717) is 5.56 Å². The molecule has 2 nitrogen and oxygen atoms in total. The standard InChI is InChI=1S/C20H16N2/c1-15-10-11-18(17-7-3-2-4-8-17)13-20(15)22-19-9-5-6-16(12-19)14-21/h2-13,22H,1H3. The topological polar surface area (TPSA) is 35.8 Å². The van der Waals surface area contributed by atoms with Crippen molar-refractivity contribution in [1.82, 2.24) is 0 Å². The van der Waals surface area contributed by atoms with Gasteiger partial charge < -0.3 is 5.32 Å². The lowest BCUT2D eigenvalue weighted by molar-refractivity contribution is 1.42. The molecule has 0 spiro atoms. The highest BCUT2D eigenvalue weighted by Crippen LogP contribution is 2.27. The lowest BCUT2D eigenvalue weighted by atomic mass is 10.0. The van der Waals surface area contributed by atoms with E-state index < -0.39 is 0 Å². The number of aryl methyl sites for hydroxylation is 1. The molecular formula is C20H16N2. The van der Waals surface area contributed by atoms with Gasteiger partial charge in [0.2, 0.25) is 0 Å². The van der Waals surface area contributed by atoms with Crippen molar-refractivity contribution >= 4 is 11.4 Å². The minimum atomic E-state index is 0.655. The number of nitriles is 1. The molecule has 3 rings (SSSR count). The Morgan fingerprint density at radius 2 is 1.64 bits per heavy atom. The zero-order valence-corrected chi connectivity index (χ0v) is 12.4. The Morgan fingerprint density at radius 1 is 0.818 bits per heavy atom. The van der Waals surface area contributed by atoms with Crippen molar-refractivity contribution in [2.75, 3.05) is 5.32 Å². The smallest absolute Gasteiger partial charge is 0.0992 e. The van der Waals surface area contributed by atoms with E-state index in [4.69, 9.17) is 5.26 Å². The molecule has 3 aromatic carbocycles. The second kappa shape index (κ2) is 6.15. The second-order valence-corrected chi connectivity index (χ2v) is 5.21. The minimum absolute atomic E-state index is 0.655. The number of nitrogens with one attached hydrogen (secondary N) is 1. The molecule has 0 saturated heterocycles. The summed E-state index contributed by atoms with van der Waals surface area (Å²) in [6.07, 6.45) is 0. The molecule has 0 fully saturated rings. The highest BCUT2D eigenvalue weighted by molar-refractivity contribution is 5.73. The molecule has 0 atom stereocenters. The number of hydrogen-bond donors (Lipinski definition) is 1. The van der Waals surface area contributed by atoms with Gasteiger partial charge in [-0.05, 0) is 47.9 Å². The largest absolute Gasteiger partial charge is 0.355 e. The zero-order valence-electron chi connectivity index (χ0n) is 12.4. The van der Waals surface area contributed by atoms with Gasteiger partial charge in [0.1, 0.15) is 0 Å². The maximum atomic E-state index is 9.00. The van der Waals surface area contributed by atoms with Crippen LogP contribution in [0.1, 0.15) is 11.1 Å². The number of anilines is 2. The van der Waals surface area contributed by atoms with Gasteiger partial charge in [-0.25, -0.2) is 0 Å². The van der Waals surface area contributed by atoms with Crippen molar-refractivity contribution in [3.8, 4) is 17.2 Å². The molecule has 0 amide bonds. The van der Waals surface area contributed by atoms with Gasteiger partial charge in [0.05, 0.1) is 11.6 Å². The summed E-state index contributed by atoms with van der Waals surface area (Å²) >= 11 is 0. The van der Waals surface area contributed by atoms with Crippen LogP contribution in [0.5, 0.6) is 0 Å². The van der Waals surface area contributed by atoms with Crippen LogP contribution < -0.4 is 5.32 Å². The van der Waals surface area contributed by atoms with Crippen LogP contribution in [0.15, 0.2) is 72.8 Å². The molecule has 0 bridgehead atoms. The van der Waals surface area contributed by atoms with Gasteiger partial charge >= 0.3 is 0 Å². The molecule has 0 unspecified atom stereocenters. The summed E-state index contributed by atoms with van der Waals surface area (Å²) in [7, 11) is 0. The van der Waals surface area contributed by atoms with Crippen LogP contribution >= 0.6 is 0 Å². The Balaban J connectivity index is 1.95. The first kappa shape index (κ1) is 13.9. The fraction of sp³-hybridized carbons (Fsp3) is 0.0500. The van der Waals surface area contributed by atoms with Gasteiger partial charge in [0.15, 0.2) is 0 Å². The summed E-state index contributed by atoms with van der Waals surface area (Å²) in [5, 5.41) is 12.4. The SMILES string of the molecule is Cc1ccc(-c2ccccc2)cc1Nc1cccc(C#N)c1. The average molecular weight is 284 g/mol. The maximum Gasteiger partial charge on any atom is 0.0992 e. The molecule has 22 heavy (non-hydrogen) atoms. The summed E-state index contributed by atoms with van der Waals surface area (Å²) < 4.78 is 0. The Labute approximate surface area is 130 Å². The van der Waals surface area contributed by atoms with Gasteiger partial charge in [-0.15, -0.1) is 0 Å². The molecule has 0 saturated carbocycles. The van der Waals surface area contributed by atoms with Crippen LogP contribution in [0, 0.1) is 18.3 Å². The van der Waals surface area contributed by atoms with Crippen LogP contribution in [-0.2, 0) is 0 Å². The third kappa shape index (κ3) is 2.99. The van der Waals surface area contributed by atoms with Crippen molar-refractivity contribution in [2.45, 2.75) is 6.92 Å². The Kier molecular flexibility index (Phi) is 3.89. The minimum Gasteiger partial charge on any atom is -0.355 e. The molecule has 0 aliphatic heterocycles. The van der Waals surface area contributed by atoms with Crippen LogP contribution in [0.25, 0.3) is 11.1 Å². The predicted octanol–water partition coefficient (Wildman–Crippen LogP) is 5.28. The van der Waals surface area contributed by atoms with Crippen LogP contribution in [0.4, 0.5) is 11.4 Å². The Bertz CT molecular complexity index is 830. The van der Waals surface area contributed by atoms with E-state index in [1.807, 2.05) is 36.4 Å². The molecule has 0 heterocycles. The first-order chi connectivity index (χ1) is 10.8. The van der Waals surface area contributed by atoms with Gasteiger partial charge in [-0.1, -0.05) is 48.5 Å². The van der Waals surface area contributed by atoms with E-state index in [9.17, 15) is 0 Å². The highest BCUT2D eigenvalue weighted by atomic mass is 14.9. The van der Waals surface area contributed by atoms with Crippen molar-refractivity contribution in [1.29, 1.82) is 5.26 Å². The molecule has 3 aromatic rings. The third-order valence-corrected chi connectivity index (χ3v) is 3.62. The first-order valence-corrected chi connectivity index (χ1v) is 7.19. The van der Waals surface area contributed by atoms with Gasteiger partial charge in [0.25, 0.3) is 0 Å². The fourth-order valence-electron chi connectivity index (χ4n) is 2.39. The van der Waals surface area contributed by atoms with E-state index in [2.05, 4.69) is 48.6 Å². The Morgan fingerprint density at radius 3 is 2.41 bits per heavy atom. The molecule has 2 heteroatoms. The molecule has 0 radical (unpaired) electrons. The normalized spacial score (nSPS) is 10.0. The second-order valence-electron chi connectivity index (χ2n) is 5.21. The predicted molar refractivity (Wildman–Crippen MR) is 91.1 cm³/mol. The first-order valence-electron chi connectivity index (χ1n) is 7.19. The lowest BCUT2D eigenvalue weighted by Gasteiger charge is -2.12. The number of nitrogens with zero attached hydrogens (tertiary/aromatic N) is 1. The van der Waals surface area contributed by atoms with E-state index >= 15 is 0 Å². The molecule has 0 aliphatic rings. The summed E-state index contributed by atoms with van der Waals surface area (Å²) in [4.78, 5) is 0. The van der Waals surface area contributed by atoms with Gasteiger partial charge in [-0.3, -0.25) is 0 Å². The summed E-state index contributed by atoms with van der Waals surface area (Å²) in [5.74, 6) is 0. The summed E-state index contributed by atoms with van der Waals surface area (Å²) in [5.41, 5.74) is 6.16. The van der Waals surface area contributed by atoms with Crippen molar-refractivity contribution in [3.63, 3.8) is 0 Å². The molecular weight excluding hydrogens is 268 g/mol. The lowest BCUT2D eigenvalue weighted by Crippen LogP contribution is -1.94. The van der Waals surface area contributed by atoms with E-state index in [1.165, 1.54) is 16.7 Å². The molecule has 0 aliphatic carbocycles. The third-order valence-electron chi connectivity index (χ3n) is 3.62. The maximum absolute atomic E-state index is 9.00. The molecule has 106 valence electrons. The number of hydrogen-bond acceptors (Lipinski definition) is 2. The van der Waals surface area contributed by atoms with Crippen molar-refractivity contribution < 1.29 is 0 Å². The fourth-order valence-corrected chi connectivity index (χ4v) is 2.39. The zero-order chi connectivity index (χ0) is 15.4. The van der Waals surface area contributed by atoms with Gasteiger partial charge in [-0.2, -0.15) is 5.26 Å². The van der Waals surface area contributed by atoms with Crippen molar-refractivity contribution in [2.24, 2.45) is 0 Å². The quantitative estimate of drug-likeness (QED) is 0.710. The van der Waals surface area contributed by atoms with Gasteiger partial charge in [0, 0.05) is 11.4 Å². The van der Waals surface area contributed by atoms with E-state index in [1.54, 1.807) is 6.07 Å². The van der Waals surface area contributed by atoms with Crippen molar-refractivity contribution in [3.05, 3.63) is 83.9 Å². The Hall–Kier alpha value is -3.05. The average Bonchev–Trinajstić information content (AvgIpc) is 2.58. The molecule has 1 N–H and O–H groups in total. The number of benzene rings is 3. The summed E-state index contributed by atoms with van der Waals surface area (Å²) in [6, 6.07) is 26.4. The van der Waals surface area contributed by atoms with E-state index in [-0.39, 0.29) is 0 Å². The van der Waals surface area contributed by atoms with Crippen LogP contribution in [0.2, 0.25) is 0 Å². The van der Waals surface area contributed by atoms with Crippen LogP contribution in [0.3, 0.4) is 0 Å². The monoisotopic (exact) mass is 284 g/mol. The highest BCUT2D eigenvalue weighted by Gasteiger charge is 2.03. The number of rotatable bonds is 3. The van der Waals surface area contributed by atoms with Crippen LogP contribution in [-0.4, -0.2) is 0 Å².